The zero-order valence-corrected chi connectivity index (χ0v) is 23.3. The average molecular weight is 615 g/mol. The molecule has 0 aliphatic carbocycles. The van der Waals surface area contributed by atoms with E-state index < -0.39 is 0 Å². The number of amides is 2. The van der Waals surface area contributed by atoms with Crippen LogP contribution in [0.25, 0.3) is 11.4 Å². The molecule has 5 heterocycles. The molecule has 2 aliphatic rings. The smallest absolute Gasteiger partial charge is 0.321 e. The topological polar surface area (TPSA) is 121 Å². The van der Waals surface area contributed by atoms with Gasteiger partial charge in [0.25, 0.3) is 0 Å². The van der Waals surface area contributed by atoms with Crippen LogP contribution in [0.2, 0.25) is 0 Å². The van der Waals surface area contributed by atoms with Crippen molar-refractivity contribution < 1.29 is 9.53 Å². The maximum atomic E-state index is 12.0. The second-order valence-corrected chi connectivity index (χ2v) is 11.1. The summed E-state index contributed by atoms with van der Waals surface area (Å²) in [6, 6.07) is 5.58. The Balaban J connectivity index is 1.48. The molecule has 5 rings (SSSR count). The van der Waals surface area contributed by atoms with Gasteiger partial charge >= 0.3 is 6.03 Å². The van der Waals surface area contributed by atoms with Crippen LogP contribution in [0.4, 0.5) is 22.2 Å². The third-order valence-electron chi connectivity index (χ3n) is 6.39. The van der Waals surface area contributed by atoms with E-state index in [1.807, 2.05) is 26.0 Å². The highest BCUT2D eigenvalue weighted by Crippen LogP contribution is 2.32. The summed E-state index contributed by atoms with van der Waals surface area (Å²) in [5, 5.41) is 5.53. The Labute approximate surface area is 229 Å². The number of hydrogen-bond acceptors (Lipinski definition) is 9. The molecule has 3 aromatic rings. The van der Waals surface area contributed by atoms with E-state index in [-0.39, 0.29) is 16.1 Å². The minimum absolute atomic E-state index is 0.00704. The highest BCUT2D eigenvalue weighted by molar-refractivity contribution is 14.1. The van der Waals surface area contributed by atoms with Crippen molar-refractivity contribution in [3.8, 4) is 11.4 Å². The van der Waals surface area contributed by atoms with Gasteiger partial charge in [-0.15, -0.1) is 0 Å². The molecule has 2 N–H and O–H groups in total. The summed E-state index contributed by atoms with van der Waals surface area (Å²) in [6.07, 6.45) is 4.13. The minimum Gasteiger partial charge on any atom is -0.377 e. The van der Waals surface area contributed by atoms with Crippen LogP contribution in [-0.4, -0.2) is 67.3 Å². The molecule has 2 aliphatic heterocycles. The second kappa shape index (κ2) is 11.1. The molecule has 0 radical (unpaired) electrons. The maximum Gasteiger partial charge on any atom is 0.321 e. The number of halogens is 1. The Kier molecular flexibility index (Phi) is 7.65. The number of nitrogens with one attached hydrogen (secondary N) is 2. The van der Waals surface area contributed by atoms with Crippen molar-refractivity contribution >= 4 is 46.1 Å². The molecule has 1 saturated heterocycles. The number of aromatic nitrogens is 5. The van der Waals surface area contributed by atoms with Gasteiger partial charge in [-0.1, -0.05) is 22.6 Å². The number of anilines is 3. The normalized spacial score (nSPS) is 18.2. The first-order valence-corrected chi connectivity index (χ1v) is 13.6. The molecule has 12 heteroatoms. The summed E-state index contributed by atoms with van der Waals surface area (Å²) >= 11 is 2.13. The highest BCUT2D eigenvalue weighted by atomic mass is 127. The van der Waals surface area contributed by atoms with Gasteiger partial charge in [0.1, 0.15) is 23.8 Å². The van der Waals surface area contributed by atoms with E-state index in [9.17, 15) is 4.79 Å². The predicted octanol–water partition coefficient (Wildman–Crippen LogP) is 3.33. The highest BCUT2D eigenvalue weighted by Gasteiger charge is 2.29. The number of carbonyl (C=O) groups is 1. The van der Waals surface area contributed by atoms with E-state index in [0.717, 1.165) is 48.1 Å². The Bertz CT molecular complexity index is 1270. The number of urea groups is 1. The monoisotopic (exact) mass is 615 g/mol. The number of ether oxygens (including phenoxy) is 1. The Morgan fingerprint density at radius 1 is 1.22 bits per heavy atom. The Morgan fingerprint density at radius 3 is 2.81 bits per heavy atom. The van der Waals surface area contributed by atoms with Crippen LogP contribution in [0, 0.1) is 6.92 Å². The van der Waals surface area contributed by atoms with Gasteiger partial charge < -0.3 is 19.9 Å². The Hall–Kier alpha value is -3.13. The number of alkyl halides is 1. The van der Waals surface area contributed by atoms with Crippen molar-refractivity contribution in [3.63, 3.8) is 0 Å². The van der Waals surface area contributed by atoms with Gasteiger partial charge in [-0.2, -0.15) is 0 Å². The molecule has 11 nitrogen and oxygen atoms in total. The van der Waals surface area contributed by atoms with Crippen molar-refractivity contribution in [2.24, 2.45) is 0 Å². The molecule has 3 aromatic heterocycles. The van der Waals surface area contributed by atoms with E-state index in [0.29, 0.717) is 31.4 Å². The number of nitrogens with zero attached hydrogens (tertiary/aromatic N) is 7. The third kappa shape index (κ3) is 5.90. The molecular weight excluding hydrogens is 585 g/mol. The third-order valence-corrected chi connectivity index (χ3v) is 6.70. The lowest BCUT2D eigenvalue weighted by atomic mass is 10.0. The lowest BCUT2D eigenvalue weighted by molar-refractivity contribution is 0.0984. The summed E-state index contributed by atoms with van der Waals surface area (Å²) in [5.74, 6) is 2.93. The van der Waals surface area contributed by atoms with Crippen LogP contribution in [0.5, 0.6) is 0 Å². The second-order valence-electron chi connectivity index (χ2n) is 9.25. The van der Waals surface area contributed by atoms with Gasteiger partial charge in [-0.05, 0) is 39.3 Å². The molecule has 0 aromatic carbocycles. The van der Waals surface area contributed by atoms with Crippen LogP contribution < -0.4 is 20.4 Å². The van der Waals surface area contributed by atoms with Crippen molar-refractivity contribution in [1.82, 2.24) is 30.2 Å². The standard InChI is InChI=1S/C25H30IN9O2/c1-15-10-22(29-14-28-15)34-7-6-19-20(12-34)31-23(33-24(19)35-8-9-37-13-16(35)2)18-4-5-21(27-11-18)32-25(36)30-17(3)26/h4-5,10-11,14,16-17H,6-9,12-13H2,1-3H3,(H2,27,30,32,36). The van der Waals surface area contributed by atoms with Crippen LogP contribution in [-0.2, 0) is 17.7 Å². The quantitative estimate of drug-likeness (QED) is 0.253. The first-order chi connectivity index (χ1) is 17.9. The van der Waals surface area contributed by atoms with E-state index in [1.54, 1.807) is 18.6 Å². The fraction of sp³-hybridized carbons (Fsp3) is 0.440. The van der Waals surface area contributed by atoms with E-state index >= 15 is 0 Å². The van der Waals surface area contributed by atoms with Gasteiger partial charge in [-0.25, -0.2) is 29.7 Å². The molecule has 37 heavy (non-hydrogen) atoms. The molecular formula is C25H30IN9O2. The van der Waals surface area contributed by atoms with Gasteiger partial charge in [-0.3, -0.25) is 5.32 Å². The summed E-state index contributed by atoms with van der Waals surface area (Å²) < 4.78 is 5.70. The molecule has 0 saturated carbocycles. The van der Waals surface area contributed by atoms with E-state index in [2.05, 4.69) is 64.9 Å². The van der Waals surface area contributed by atoms with Gasteiger partial charge in [0, 0.05) is 42.2 Å². The summed E-state index contributed by atoms with van der Waals surface area (Å²) in [6.45, 7) is 9.61. The van der Waals surface area contributed by atoms with Crippen LogP contribution in [0.3, 0.4) is 0 Å². The number of rotatable bonds is 5. The summed E-state index contributed by atoms with van der Waals surface area (Å²) in [5.41, 5.74) is 3.88. The fourth-order valence-corrected chi connectivity index (χ4v) is 4.84. The summed E-state index contributed by atoms with van der Waals surface area (Å²) in [4.78, 5) is 39.8. The molecule has 194 valence electrons. The van der Waals surface area contributed by atoms with Crippen molar-refractivity contribution in [1.29, 1.82) is 0 Å². The maximum absolute atomic E-state index is 12.0. The van der Waals surface area contributed by atoms with Gasteiger partial charge in [0.2, 0.25) is 0 Å². The molecule has 0 spiro atoms. The van der Waals surface area contributed by atoms with Crippen LogP contribution in [0.1, 0.15) is 30.8 Å². The lowest BCUT2D eigenvalue weighted by Gasteiger charge is -2.38. The number of carbonyl (C=O) groups excluding carboxylic acids is 1. The van der Waals surface area contributed by atoms with Crippen molar-refractivity contribution in [2.75, 3.05) is 41.4 Å². The van der Waals surface area contributed by atoms with Crippen LogP contribution in [0.15, 0.2) is 30.7 Å². The molecule has 2 amide bonds. The SMILES string of the molecule is Cc1cc(N2CCc3c(nc(-c4ccc(NC(=O)NC(C)I)nc4)nc3N3CCOCC3C)C2)ncn1. The van der Waals surface area contributed by atoms with Gasteiger partial charge in [0.15, 0.2) is 5.82 Å². The van der Waals surface area contributed by atoms with E-state index in [1.165, 1.54) is 5.56 Å². The van der Waals surface area contributed by atoms with Gasteiger partial charge in [0.05, 0.1) is 35.5 Å². The largest absolute Gasteiger partial charge is 0.377 e. The fourth-order valence-electron chi connectivity index (χ4n) is 4.56. The van der Waals surface area contributed by atoms with Crippen molar-refractivity contribution in [2.45, 2.75) is 43.8 Å². The minimum atomic E-state index is -0.296. The molecule has 2 atom stereocenters. The zero-order chi connectivity index (χ0) is 25.9. The first-order valence-electron chi connectivity index (χ1n) is 12.3. The molecule has 0 bridgehead atoms. The van der Waals surface area contributed by atoms with Crippen molar-refractivity contribution in [3.05, 3.63) is 47.7 Å². The predicted molar refractivity (Wildman–Crippen MR) is 150 cm³/mol. The molecule has 1 fully saturated rings. The number of fused-ring (bicyclic) bond motifs is 1. The number of hydrogen-bond donors (Lipinski definition) is 2. The Morgan fingerprint density at radius 2 is 2.08 bits per heavy atom. The molecule has 2 unspecified atom stereocenters. The number of aryl methyl sites for hydroxylation is 1. The van der Waals surface area contributed by atoms with Crippen LogP contribution >= 0.6 is 22.6 Å². The zero-order valence-electron chi connectivity index (χ0n) is 21.1. The first kappa shape index (κ1) is 25.5. The number of pyridine rings is 1. The summed E-state index contributed by atoms with van der Waals surface area (Å²) in [7, 11) is 0. The average Bonchev–Trinajstić information content (AvgIpc) is 2.88. The number of morpholine rings is 1. The lowest BCUT2D eigenvalue weighted by Crippen LogP contribution is -2.45. The van der Waals surface area contributed by atoms with E-state index in [4.69, 9.17) is 14.7 Å².